The molecule has 4 heteroatoms. The molecule has 0 radical (unpaired) electrons. The van der Waals surface area contributed by atoms with Crippen LogP contribution in [0.15, 0.2) is 33.4 Å². The number of nitrogens with one attached hydrogen (secondary N) is 1. The van der Waals surface area contributed by atoms with Gasteiger partial charge in [-0.3, -0.25) is 4.79 Å². The monoisotopic (exact) mass is 261 g/mol. The molecule has 1 N–H and O–H groups in total. The van der Waals surface area contributed by atoms with Crippen LogP contribution in [0.25, 0.3) is 11.3 Å². The van der Waals surface area contributed by atoms with Crippen LogP contribution in [0.3, 0.4) is 0 Å². The van der Waals surface area contributed by atoms with Crippen molar-refractivity contribution >= 4 is 17.2 Å². The summed E-state index contributed by atoms with van der Waals surface area (Å²) in [5, 5.41) is 7.00. The fourth-order valence-electron chi connectivity index (χ4n) is 2.02. The second-order valence-corrected chi connectivity index (χ2v) is 5.40. The Kier molecular flexibility index (Phi) is 3.19. The van der Waals surface area contributed by atoms with Crippen molar-refractivity contribution in [3.05, 3.63) is 34.7 Å². The smallest absolute Gasteiger partial charge is 0.223 e. The van der Waals surface area contributed by atoms with Gasteiger partial charge < -0.3 is 9.73 Å². The van der Waals surface area contributed by atoms with Gasteiger partial charge in [0.05, 0.1) is 6.54 Å². The van der Waals surface area contributed by atoms with E-state index in [0.29, 0.717) is 6.54 Å². The number of carbonyl (C=O) groups excluding carboxylic acids is 1. The number of rotatable bonds is 4. The molecule has 1 aliphatic carbocycles. The van der Waals surface area contributed by atoms with Gasteiger partial charge in [0.1, 0.15) is 11.5 Å². The van der Waals surface area contributed by atoms with E-state index >= 15 is 0 Å². The molecule has 1 aliphatic rings. The quantitative estimate of drug-likeness (QED) is 0.916. The van der Waals surface area contributed by atoms with Crippen LogP contribution in [0.1, 0.15) is 25.0 Å². The number of furan rings is 1. The average Bonchev–Trinajstić information content (AvgIpc) is 2.94. The van der Waals surface area contributed by atoms with Crippen LogP contribution in [0.2, 0.25) is 0 Å². The lowest BCUT2D eigenvalue weighted by molar-refractivity contribution is -0.127. The van der Waals surface area contributed by atoms with Gasteiger partial charge in [-0.15, -0.1) is 0 Å². The molecule has 1 saturated carbocycles. The number of amides is 1. The number of carbonyl (C=O) groups is 1. The van der Waals surface area contributed by atoms with Gasteiger partial charge in [0.25, 0.3) is 0 Å². The first-order chi connectivity index (χ1) is 8.83. The van der Waals surface area contributed by atoms with Crippen molar-refractivity contribution in [2.45, 2.75) is 25.8 Å². The van der Waals surface area contributed by atoms with Gasteiger partial charge in [-0.25, -0.2) is 0 Å². The molecule has 3 nitrogen and oxygen atoms in total. The van der Waals surface area contributed by atoms with Crippen LogP contribution in [0, 0.1) is 5.92 Å². The van der Waals surface area contributed by atoms with Gasteiger partial charge in [0.15, 0.2) is 0 Å². The van der Waals surface area contributed by atoms with E-state index in [1.54, 1.807) is 11.3 Å². The number of hydrogen-bond donors (Lipinski definition) is 1. The SMILES string of the molecule is O=C(NCc1ccc(-c2ccsc2)o1)C1CCC1. The van der Waals surface area contributed by atoms with Gasteiger partial charge >= 0.3 is 0 Å². The summed E-state index contributed by atoms with van der Waals surface area (Å²) in [5.41, 5.74) is 1.09. The minimum absolute atomic E-state index is 0.162. The second kappa shape index (κ2) is 4.98. The van der Waals surface area contributed by atoms with Crippen LogP contribution in [0.5, 0.6) is 0 Å². The fraction of sp³-hybridized carbons (Fsp3) is 0.357. The molecule has 2 heterocycles. The summed E-state index contributed by atoms with van der Waals surface area (Å²) in [5.74, 6) is 2.07. The largest absolute Gasteiger partial charge is 0.459 e. The van der Waals surface area contributed by atoms with Crippen LogP contribution >= 0.6 is 11.3 Å². The van der Waals surface area contributed by atoms with Crippen LogP contribution < -0.4 is 5.32 Å². The van der Waals surface area contributed by atoms with Crippen molar-refractivity contribution in [1.82, 2.24) is 5.32 Å². The van der Waals surface area contributed by atoms with Gasteiger partial charge in [-0.05, 0) is 36.4 Å². The average molecular weight is 261 g/mol. The summed E-state index contributed by atoms with van der Waals surface area (Å²) in [6.07, 6.45) is 3.25. The minimum Gasteiger partial charge on any atom is -0.459 e. The molecule has 1 amide bonds. The van der Waals surface area contributed by atoms with Crippen molar-refractivity contribution in [3.63, 3.8) is 0 Å². The van der Waals surface area contributed by atoms with E-state index < -0.39 is 0 Å². The Hall–Kier alpha value is -1.55. The zero-order chi connectivity index (χ0) is 12.4. The molecule has 3 rings (SSSR count). The van der Waals surface area contributed by atoms with Crippen molar-refractivity contribution in [1.29, 1.82) is 0 Å². The molecule has 0 spiro atoms. The lowest BCUT2D eigenvalue weighted by atomic mass is 9.85. The second-order valence-electron chi connectivity index (χ2n) is 4.62. The summed E-state index contributed by atoms with van der Waals surface area (Å²) >= 11 is 1.65. The van der Waals surface area contributed by atoms with Gasteiger partial charge in [-0.2, -0.15) is 11.3 Å². The van der Waals surface area contributed by atoms with Gasteiger partial charge in [0.2, 0.25) is 5.91 Å². The van der Waals surface area contributed by atoms with Gasteiger partial charge in [-0.1, -0.05) is 6.42 Å². The molecule has 94 valence electrons. The maximum atomic E-state index is 11.7. The standard InChI is InChI=1S/C14H15NO2S/c16-14(10-2-1-3-10)15-8-12-4-5-13(17-12)11-6-7-18-9-11/h4-7,9-10H,1-3,8H2,(H,15,16). The highest BCUT2D eigenvalue weighted by Crippen LogP contribution is 2.27. The van der Waals surface area contributed by atoms with E-state index in [9.17, 15) is 4.79 Å². The Morgan fingerprint density at radius 2 is 2.28 bits per heavy atom. The fourth-order valence-corrected chi connectivity index (χ4v) is 2.67. The maximum Gasteiger partial charge on any atom is 0.223 e. The molecule has 2 aromatic heterocycles. The third-order valence-electron chi connectivity index (χ3n) is 3.38. The first-order valence-electron chi connectivity index (χ1n) is 6.22. The molecule has 0 saturated heterocycles. The van der Waals surface area contributed by atoms with Crippen LogP contribution in [-0.2, 0) is 11.3 Å². The first-order valence-corrected chi connectivity index (χ1v) is 7.16. The van der Waals surface area contributed by atoms with E-state index in [0.717, 1.165) is 29.9 Å². The highest BCUT2D eigenvalue weighted by molar-refractivity contribution is 7.08. The molecule has 0 atom stereocenters. The first kappa shape index (κ1) is 11.5. The summed E-state index contributed by atoms with van der Waals surface area (Å²) < 4.78 is 5.70. The number of thiophene rings is 1. The molecule has 1 fully saturated rings. The Labute approximate surface area is 110 Å². The summed E-state index contributed by atoms with van der Waals surface area (Å²) in [6, 6.07) is 5.90. The number of hydrogen-bond acceptors (Lipinski definition) is 3. The molecule has 18 heavy (non-hydrogen) atoms. The van der Waals surface area contributed by atoms with E-state index in [-0.39, 0.29) is 11.8 Å². The third kappa shape index (κ3) is 2.34. The molecule has 2 aromatic rings. The predicted octanol–water partition coefficient (Wildman–Crippen LogP) is 3.42. The molecule has 0 aromatic carbocycles. The zero-order valence-corrected chi connectivity index (χ0v) is 10.8. The van der Waals surface area contributed by atoms with Crippen LogP contribution in [0.4, 0.5) is 0 Å². The highest BCUT2D eigenvalue weighted by Gasteiger charge is 2.24. The van der Waals surface area contributed by atoms with E-state index in [2.05, 4.69) is 10.7 Å². The predicted molar refractivity (Wildman–Crippen MR) is 71.2 cm³/mol. The summed E-state index contributed by atoms with van der Waals surface area (Å²) in [4.78, 5) is 11.7. The lowest BCUT2D eigenvalue weighted by Gasteiger charge is -2.23. The normalized spacial score (nSPS) is 15.3. The molecular weight excluding hydrogens is 246 g/mol. The molecular formula is C14H15NO2S. The zero-order valence-electron chi connectivity index (χ0n) is 10.0. The van der Waals surface area contributed by atoms with Gasteiger partial charge in [0, 0.05) is 16.9 Å². The highest BCUT2D eigenvalue weighted by atomic mass is 32.1. The van der Waals surface area contributed by atoms with Crippen molar-refractivity contribution < 1.29 is 9.21 Å². The summed E-state index contributed by atoms with van der Waals surface area (Å²) in [7, 11) is 0. The maximum absolute atomic E-state index is 11.7. The minimum atomic E-state index is 0.162. The topological polar surface area (TPSA) is 42.2 Å². The molecule has 0 unspecified atom stereocenters. The van der Waals surface area contributed by atoms with Crippen molar-refractivity contribution in [2.75, 3.05) is 0 Å². The third-order valence-corrected chi connectivity index (χ3v) is 4.06. The summed E-state index contributed by atoms with van der Waals surface area (Å²) in [6.45, 7) is 0.486. The molecule has 0 bridgehead atoms. The van der Waals surface area contributed by atoms with Crippen molar-refractivity contribution in [3.8, 4) is 11.3 Å². The Morgan fingerprint density at radius 1 is 1.39 bits per heavy atom. The van der Waals surface area contributed by atoms with Crippen LogP contribution in [-0.4, -0.2) is 5.91 Å². The Morgan fingerprint density at radius 3 is 2.94 bits per heavy atom. The van der Waals surface area contributed by atoms with Crippen molar-refractivity contribution in [2.24, 2.45) is 5.92 Å². The lowest BCUT2D eigenvalue weighted by Crippen LogP contribution is -2.33. The Balaban J connectivity index is 1.58. The van der Waals surface area contributed by atoms with E-state index in [4.69, 9.17) is 4.42 Å². The van der Waals surface area contributed by atoms with E-state index in [1.807, 2.05) is 23.6 Å². The van der Waals surface area contributed by atoms with E-state index in [1.165, 1.54) is 6.42 Å². The molecule has 0 aliphatic heterocycles. The Bertz CT molecular complexity index is 526.